The molecule has 22 heteroatoms. The zero-order valence-electron chi connectivity index (χ0n) is 24.9. The van der Waals surface area contributed by atoms with Crippen LogP contribution in [0.5, 0.6) is 23.3 Å². The molecule has 0 aliphatic rings. The van der Waals surface area contributed by atoms with Crippen molar-refractivity contribution in [3.8, 4) is 34.6 Å². The van der Waals surface area contributed by atoms with E-state index in [4.69, 9.17) is 31.5 Å². The molecule has 2 aromatic carbocycles. The van der Waals surface area contributed by atoms with Crippen LogP contribution in [0.1, 0.15) is 0 Å². The fraction of sp³-hybridized carbons (Fsp3) is 0.160. The number of halogens is 1. The topological polar surface area (TPSA) is 259 Å². The second kappa shape index (κ2) is 14.3. The molecule has 3 aromatic heterocycles. The number of nitrogens with one attached hydrogen (secondary N) is 2. The summed E-state index contributed by atoms with van der Waals surface area (Å²) in [4.78, 5) is 31.3. The lowest BCUT2D eigenvalue weighted by Crippen LogP contribution is -2.36. The number of amides is 2. The van der Waals surface area contributed by atoms with Crippen molar-refractivity contribution in [2.24, 2.45) is 14.1 Å². The van der Waals surface area contributed by atoms with Gasteiger partial charge in [-0.2, -0.15) is 28.3 Å². The number of urea groups is 1. The van der Waals surface area contributed by atoms with Gasteiger partial charge in [-0.15, -0.1) is 10.2 Å². The Balaban J connectivity index is 0.000000238. The molecule has 4 N–H and O–H groups in total. The fourth-order valence-electron chi connectivity index (χ4n) is 3.67. The third-order valence-corrected chi connectivity index (χ3v) is 7.56. The van der Waals surface area contributed by atoms with Crippen LogP contribution in [0.4, 0.5) is 22.1 Å². The molecule has 20 nitrogen and oxygen atoms in total. The maximum absolute atomic E-state index is 12.8. The average Bonchev–Trinajstić information content (AvgIpc) is 3.65. The molecular formula is C25H25ClN12O8S. The molecular weight excluding hydrogens is 664 g/mol. The van der Waals surface area contributed by atoms with Gasteiger partial charge in [-0.25, -0.2) is 9.52 Å². The molecule has 0 fully saturated rings. The van der Waals surface area contributed by atoms with E-state index < -0.39 is 21.0 Å². The van der Waals surface area contributed by atoms with Gasteiger partial charge in [-0.05, 0) is 23.4 Å². The lowest BCUT2D eigenvalue weighted by atomic mass is 10.2. The second-order valence-corrected chi connectivity index (χ2v) is 10.9. The summed E-state index contributed by atoms with van der Waals surface area (Å²) in [6, 6.07) is 11.9. The first kappa shape index (κ1) is 33.8. The van der Waals surface area contributed by atoms with Gasteiger partial charge in [-0.1, -0.05) is 29.8 Å². The van der Waals surface area contributed by atoms with E-state index in [1.165, 1.54) is 52.7 Å². The van der Waals surface area contributed by atoms with Gasteiger partial charge < -0.3 is 19.9 Å². The molecule has 47 heavy (non-hydrogen) atoms. The Morgan fingerprint density at radius 2 is 1.72 bits per heavy atom. The first-order valence-electron chi connectivity index (χ1n) is 12.9. The van der Waals surface area contributed by atoms with Crippen molar-refractivity contribution >= 4 is 45.0 Å². The predicted molar refractivity (Wildman–Crippen MR) is 165 cm³/mol. The van der Waals surface area contributed by atoms with Gasteiger partial charge in [0, 0.05) is 13.1 Å². The van der Waals surface area contributed by atoms with E-state index in [1.807, 2.05) is 10.8 Å². The Morgan fingerprint density at radius 1 is 1.06 bits per heavy atom. The highest BCUT2D eigenvalue weighted by atomic mass is 35.5. The zero-order chi connectivity index (χ0) is 34.3. The molecule has 0 unspecified atom stereocenters. The molecule has 0 atom stereocenters. The largest absolute Gasteiger partial charge is 0.481 e. The van der Waals surface area contributed by atoms with Crippen molar-refractivity contribution in [2.45, 2.75) is 5.03 Å². The third-order valence-electron chi connectivity index (χ3n) is 5.73. The molecule has 0 radical (unpaired) electrons. The number of hydrogen-bond acceptors (Lipinski definition) is 15. The third kappa shape index (κ3) is 8.15. The van der Waals surface area contributed by atoms with Crippen molar-refractivity contribution in [3.63, 3.8) is 0 Å². The van der Waals surface area contributed by atoms with Gasteiger partial charge in [-0.3, -0.25) is 20.1 Å². The Hall–Kier alpha value is -6.09. The zero-order valence-corrected chi connectivity index (χ0v) is 26.4. The number of para-hydroxylation sites is 1. The lowest BCUT2D eigenvalue weighted by molar-refractivity contribution is -0.383. The van der Waals surface area contributed by atoms with Crippen LogP contribution in [0.25, 0.3) is 11.4 Å². The van der Waals surface area contributed by atoms with Crippen molar-refractivity contribution in [3.05, 3.63) is 69.9 Å². The summed E-state index contributed by atoms with van der Waals surface area (Å²) in [5.41, 5.74) is 5.32. The number of rotatable bonds is 9. The van der Waals surface area contributed by atoms with E-state index in [0.717, 1.165) is 9.48 Å². The van der Waals surface area contributed by atoms with Crippen LogP contribution in [-0.2, 0) is 24.1 Å². The summed E-state index contributed by atoms with van der Waals surface area (Å²) < 4.78 is 43.9. The van der Waals surface area contributed by atoms with Crippen LogP contribution in [0.2, 0.25) is 5.02 Å². The number of methoxy groups -OCH3 is 2. The number of nitrogens with zero attached hydrogens (tertiary/aromatic N) is 9. The van der Waals surface area contributed by atoms with Crippen LogP contribution >= 0.6 is 11.6 Å². The highest BCUT2D eigenvalue weighted by molar-refractivity contribution is 7.90. The smallest absolute Gasteiger partial charge is 0.335 e. The molecule has 3 heterocycles. The highest BCUT2D eigenvalue weighted by Gasteiger charge is 2.29. The van der Waals surface area contributed by atoms with E-state index in [9.17, 15) is 23.3 Å². The van der Waals surface area contributed by atoms with Gasteiger partial charge >= 0.3 is 6.03 Å². The molecule has 0 spiro atoms. The molecule has 2 amide bonds. The Bertz CT molecular complexity index is 2000. The highest BCUT2D eigenvalue weighted by Crippen LogP contribution is 2.38. The number of ether oxygens (including phenoxy) is 3. The van der Waals surface area contributed by atoms with E-state index in [1.54, 1.807) is 24.3 Å². The molecule has 0 saturated carbocycles. The van der Waals surface area contributed by atoms with Crippen molar-refractivity contribution in [2.75, 3.05) is 25.3 Å². The minimum absolute atomic E-state index is 0.0299. The summed E-state index contributed by atoms with van der Waals surface area (Å²) in [5, 5.41) is 27.9. The minimum atomic E-state index is -4.36. The molecule has 0 aliphatic carbocycles. The second-order valence-electron chi connectivity index (χ2n) is 8.91. The number of aromatic nitrogens is 8. The number of aryl methyl sites for hydroxylation is 2. The number of anilines is 2. The molecule has 0 aliphatic heterocycles. The van der Waals surface area contributed by atoms with E-state index in [-0.39, 0.29) is 56.3 Å². The first-order valence-corrected chi connectivity index (χ1v) is 14.7. The summed E-state index contributed by atoms with van der Waals surface area (Å²) in [6.07, 6.45) is 1.25. The Morgan fingerprint density at radius 3 is 2.30 bits per heavy atom. The van der Waals surface area contributed by atoms with Crippen molar-refractivity contribution < 1.29 is 32.3 Å². The monoisotopic (exact) mass is 688 g/mol. The molecule has 5 aromatic rings. The first-order chi connectivity index (χ1) is 22.3. The number of carbonyl (C=O) groups is 1. The average molecular weight is 689 g/mol. The number of carbonyl (C=O) groups excluding carboxylic acids is 1. The summed E-state index contributed by atoms with van der Waals surface area (Å²) in [6.45, 7) is 0. The minimum Gasteiger partial charge on any atom is -0.481 e. The number of nitrogens with two attached hydrogens (primary N) is 1. The van der Waals surface area contributed by atoms with Gasteiger partial charge in [0.05, 0.1) is 44.0 Å². The normalized spacial score (nSPS) is 10.7. The Labute approximate surface area is 270 Å². The number of nitro groups is 1. The van der Waals surface area contributed by atoms with E-state index in [2.05, 4.69) is 35.8 Å². The number of tetrazole rings is 1. The Kier molecular flexibility index (Phi) is 10.3. The van der Waals surface area contributed by atoms with Crippen LogP contribution in [0, 0.1) is 10.1 Å². The quantitative estimate of drug-likeness (QED) is 0.114. The number of sulfonamides is 1. The van der Waals surface area contributed by atoms with Crippen LogP contribution in [0.3, 0.4) is 0 Å². The van der Waals surface area contributed by atoms with Crippen LogP contribution < -0.4 is 30.0 Å². The van der Waals surface area contributed by atoms with Crippen molar-refractivity contribution in [1.82, 2.24) is 44.7 Å². The van der Waals surface area contributed by atoms with E-state index in [0.29, 0.717) is 5.75 Å². The summed E-state index contributed by atoms with van der Waals surface area (Å²) >= 11 is 5.94. The van der Waals surface area contributed by atoms with Gasteiger partial charge in [0.2, 0.25) is 23.5 Å². The molecule has 5 rings (SSSR count). The maximum Gasteiger partial charge on any atom is 0.335 e. The van der Waals surface area contributed by atoms with Gasteiger partial charge in [0.15, 0.2) is 5.03 Å². The number of benzene rings is 2. The summed E-state index contributed by atoms with van der Waals surface area (Å²) in [5.74, 6) is 0.880. The van der Waals surface area contributed by atoms with Crippen molar-refractivity contribution in [1.29, 1.82) is 0 Å². The summed E-state index contributed by atoms with van der Waals surface area (Å²) in [7, 11) is 1.27. The molecule has 0 saturated heterocycles. The standard InChI is InChI=1S/C13H16N10O5S.C12H9ClN2O3/c1-22-11(7(6-14-22)10-18-21-23(2)19-10)29(25,26)20-13(24)17-12-15-8(27-3)5-9(16-12)28-4;13-11-10(18-8-4-2-1-3-5-8)7-6-9(12(11)14)15(16)17/h5-6H,1-4H3,(H2,15,16,17,20,24);1-7H,14H2. The lowest BCUT2D eigenvalue weighted by Gasteiger charge is -2.10. The van der Waals surface area contributed by atoms with E-state index >= 15 is 0 Å². The fourth-order valence-corrected chi connectivity index (χ4v) is 5.09. The van der Waals surface area contributed by atoms with Crippen LogP contribution in [-0.4, -0.2) is 73.5 Å². The number of nitrogen functional groups attached to an aromatic ring is 1. The molecule has 0 bridgehead atoms. The predicted octanol–water partition coefficient (Wildman–Crippen LogP) is 2.55. The van der Waals surface area contributed by atoms with Gasteiger partial charge in [0.1, 0.15) is 22.2 Å². The van der Waals surface area contributed by atoms with Crippen LogP contribution in [0.15, 0.2) is 59.8 Å². The maximum atomic E-state index is 12.8. The number of hydrogen-bond donors (Lipinski definition) is 3. The molecule has 246 valence electrons. The number of nitro benzene ring substituents is 1. The van der Waals surface area contributed by atoms with Gasteiger partial charge in [0.25, 0.3) is 15.7 Å². The SMILES string of the molecule is COc1cc(OC)nc(NC(=O)NS(=O)(=O)c2c(-c3nnn(C)n3)cnn2C)n1.Nc1c([N+](=O)[O-])ccc(Oc2ccccc2)c1Cl.